The molecule has 0 aliphatic rings. The molecule has 25 heavy (non-hydrogen) atoms. The van der Waals surface area contributed by atoms with E-state index in [0.29, 0.717) is 5.92 Å². The molecule has 2 heteroatoms. The first-order chi connectivity index (χ1) is 12.1. The number of carbonyl (C=O) groups excluding carboxylic acids is 1. The Labute approximate surface area is 151 Å². The molecule has 0 radical (unpaired) electrons. The number of benzene rings is 2. The van der Waals surface area contributed by atoms with Crippen molar-refractivity contribution in [3.63, 3.8) is 0 Å². The van der Waals surface area contributed by atoms with Crippen molar-refractivity contribution in [1.29, 1.82) is 0 Å². The fraction of sp³-hybridized carbons (Fsp3) is 0.348. The summed E-state index contributed by atoms with van der Waals surface area (Å²) in [5.74, 6) is 0.421. The molecular weight excluding hydrogens is 306 g/mol. The Hall–Kier alpha value is -2.35. The first-order valence-electron chi connectivity index (χ1n) is 9.17. The summed E-state index contributed by atoms with van der Waals surface area (Å²) < 4.78 is 0. The van der Waals surface area contributed by atoms with Gasteiger partial charge in [0.1, 0.15) is 0 Å². The van der Waals surface area contributed by atoms with E-state index in [1.54, 1.807) is 6.08 Å². The van der Waals surface area contributed by atoms with Gasteiger partial charge in [0.25, 0.3) is 0 Å². The van der Waals surface area contributed by atoms with Crippen LogP contribution >= 0.6 is 0 Å². The van der Waals surface area contributed by atoms with Crippen molar-refractivity contribution in [2.24, 2.45) is 5.92 Å². The van der Waals surface area contributed by atoms with E-state index in [1.165, 1.54) is 16.3 Å². The van der Waals surface area contributed by atoms with Gasteiger partial charge in [-0.05, 0) is 48.4 Å². The number of hydrogen-bond acceptors (Lipinski definition) is 1. The Morgan fingerprint density at radius 3 is 2.56 bits per heavy atom. The van der Waals surface area contributed by atoms with E-state index < -0.39 is 0 Å². The maximum absolute atomic E-state index is 11.7. The first-order valence-corrected chi connectivity index (χ1v) is 9.17. The van der Waals surface area contributed by atoms with E-state index in [-0.39, 0.29) is 11.9 Å². The predicted octanol–water partition coefficient (Wildman–Crippen LogP) is 5.44. The fourth-order valence-electron chi connectivity index (χ4n) is 2.58. The third-order valence-corrected chi connectivity index (χ3v) is 4.51. The van der Waals surface area contributed by atoms with Gasteiger partial charge in [0, 0.05) is 12.1 Å². The van der Waals surface area contributed by atoms with Crippen molar-refractivity contribution >= 4 is 16.7 Å². The maximum atomic E-state index is 11.7. The normalized spacial score (nSPS) is 13.1. The molecule has 132 valence electrons. The second kappa shape index (κ2) is 9.83. The van der Waals surface area contributed by atoms with Gasteiger partial charge in [-0.1, -0.05) is 74.5 Å². The summed E-state index contributed by atoms with van der Waals surface area (Å²) in [6.45, 7) is 6.23. The zero-order chi connectivity index (χ0) is 18.1. The number of aryl methyl sites for hydroxylation is 1. The van der Waals surface area contributed by atoms with Gasteiger partial charge in [0.2, 0.25) is 5.91 Å². The lowest BCUT2D eigenvalue weighted by Crippen LogP contribution is -2.34. The van der Waals surface area contributed by atoms with Gasteiger partial charge in [0.05, 0.1) is 0 Å². The van der Waals surface area contributed by atoms with Crippen LogP contribution in [-0.4, -0.2) is 11.9 Å². The molecule has 1 unspecified atom stereocenters. The second-order valence-electron chi connectivity index (χ2n) is 6.90. The first kappa shape index (κ1) is 19.0. The summed E-state index contributed by atoms with van der Waals surface area (Å²) >= 11 is 0. The quantitative estimate of drug-likeness (QED) is 0.389. The van der Waals surface area contributed by atoms with Crippen LogP contribution in [0.5, 0.6) is 0 Å². The van der Waals surface area contributed by atoms with Gasteiger partial charge in [-0.2, -0.15) is 0 Å². The highest BCUT2D eigenvalue weighted by Gasteiger charge is 2.07. The summed E-state index contributed by atoms with van der Waals surface area (Å²) in [5, 5.41) is 5.56. The largest absolute Gasteiger partial charge is 0.350 e. The smallest absolute Gasteiger partial charge is 0.244 e. The lowest BCUT2D eigenvalue weighted by atomic mass is 10.0. The van der Waals surface area contributed by atoms with E-state index in [0.717, 1.165) is 19.3 Å². The fourth-order valence-corrected chi connectivity index (χ4v) is 2.58. The third-order valence-electron chi connectivity index (χ3n) is 4.51. The number of amides is 1. The summed E-state index contributed by atoms with van der Waals surface area (Å²) in [6, 6.07) is 15.3. The monoisotopic (exact) mass is 335 g/mol. The van der Waals surface area contributed by atoms with Crippen LogP contribution in [0.2, 0.25) is 0 Å². The van der Waals surface area contributed by atoms with E-state index in [1.807, 2.05) is 19.1 Å². The molecule has 1 amide bonds. The van der Waals surface area contributed by atoms with Crippen LogP contribution in [0.4, 0.5) is 0 Å². The number of nitrogens with one attached hydrogen (secondary N) is 1. The molecular formula is C23H29NO. The van der Waals surface area contributed by atoms with Crippen LogP contribution in [0.15, 0.2) is 66.8 Å². The van der Waals surface area contributed by atoms with Crippen molar-refractivity contribution in [1.82, 2.24) is 5.32 Å². The molecule has 1 N–H and O–H groups in total. The Bertz CT molecular complexity index is 743. The Kier molecular flexibility index (Phi) is 7.46. The van der Waals surface area contributed by atoms with E-state index in [9.17, 15) is 4.79 Å². The summed E-state index contributed by atoms with van der Waals surface area (Å²) in [7, 11) is 0. The Morgan fingerprint density at radius 1 is 1.04 bits per heavy atom. The van der Waals surface area contributed by atoms with Crippen LogP contribution in [0.1, 0.15) is 39.2 Å². The number of carbonyl (C=O) groups is 1. The summed E-state index contributed by atoms with van der Waals surface area (Å²) in [4.78, 5) is 11.7. The molecule has 2 rings (SSSR count). The molecule has 0 bridgehead atoms. The van der Waals surface area contributed by atoms with Crippen LogP contribution < -0.4 is 5.32 Å². The molecule has 0 fully saturated rings. The minimum Gasteiger partial charge on any atom is -0.350 e. The number of allylic oxidation sites excluding steroid dienone is 3. The van der Waals surface area contributed by atoms with Gasteiger partial charge >= 0.3 is 0 Å². The third kappa shape index (κ3) is 6.58. The van der Waals surface area contributed by atoms with Gasteiger partial charge in [-0.15, -0.1) is 0 Å². The van der Waals surface area contributed by atoms with Gasteiger partial charge in [-0.25, -0.2) is 0 Å². The van der Waals surface area contributed by atoms with Crippen molar-refractivity contribution in [2.45, 2.75) is 46.1 Å². The van der Waals surface area contributed by atoms with Crippen molar-refractivity contribution in [3.05, 3.63) is 72.3 Å². The molecule has 2 aromatic carbocycles. The lowest BCUT2D eigenvalue weighted by molar-refractivity contribution is -0.117. The second-order valence-corrected chi connectivity index (χ2v) is 6.90. The lowest BCUT2D eigenvalue weighted by Gasteiger charge is -2.15. The van der Waals surface area contributed by atoms with E-state index in [2.05, 4.69) is 67.7 Å². The van der Waals surface area contributed by atoms with Gasteiger partial charge in [-0.3, -0.25) is 4.79 Å². The summed E-state index contributed by atoms with van der Waals surface area (Å²) in [5.41, 5.74) is 1.38. The maximum Gasteiger partial charge on any atom is 0.244 e. The molecule has 0 aromatic heterocycles. The van der Waals surface area contributed by atoms with Gasteiger partial charge in [0.15, 0.2) is 0 Å². The molecule has 0 aliphatic carbocycles. The molecule has 0 saturated heterocycles. The number of unbranched alkanes of at least 4 members (excludes halogenated alkanes) is 1. The topological polar surface area (TPSA) is 29.1 Å². The molecule has 0 saturated carbocycles. The van der Waals surface area contributed by atoms with Crippen molar-refractivity contribution in [3.8, 4) is 0 Å². The average molecular weight is 335 g/mol. The van der Waals surface area contributed by atoms with E-state index in [4.69, 9.17) is 0 Å². The highest BCUT2D eigenvalue weighted by Crippen LogP contribution is 2.17. The number of hydrogen-bond donors (Lipinski definition) is 1. The van der Waals surface area contributed by atoms with Crippen LogP contribution in [0, 0.1) is 5.92 Å². The van der Waals surface area contributed by atoms with Crippen LogP contribution in [-0.2, 0) is 11.2 Å². The molecule has 2 nitrogen and oxygen atoms in total. The summed E-state index contributed by atoms with van der Waals surface area (Å²) in [6.07, 6.45) is 10.7. The SMILES string of the molecule is CC(C)C(C)NC(=O)/C=C/C=C/CCCc1ccc2ccccc2c1. The minimum atomic E-state index is -0.0259. The zero-order valence-electron chi connectivity index (χ0n) is 15.5. The van der Waals surface area contributed by atoms with Crippen molar-refractivity contribution in [2.75, 3.05) is 0 Å². The van der Waals surface area contributed by atoms with Crippen LogP contribution in [0.3, 0.4) is 0 Å². The Balaban J connectivity index is 1.70. The average Bonchev–Trinajstić information content (AvgIpc) is 2.60. The van der Waals surface area contributed by atoms with Gasteiger partial charge < -0.3 is 5.32 Å². The minimum absolute atomic E-state index is 0.0259. The highest BCUT2D eigenvalue weighted by atomic mass is 16.1. The molecule has 0 spiro atoms. The van der Waals surface area contributed by atoms with E-state index >= 15 is 0 Å². The molecule has 0 heterocycles. The Morgan fingerprint density at radius 2 is 1.80 bits per heavy atom. The zero-order valence-corrected chi connectivity index (χ0v) is 15.5. The number of rotatable bonds is 8. The van der Waals surface area contributed by atoms with Crippen LogP contribution in [0.25, 0.3) is 10.8 Å². The van der Waals surface area contributed by atoms with Crippen molar-refractivity contribution < 1.29 is 4.79 Å². The number of fused-ring (bicyclic) bond motifs is 1. The molecule has 0 aliphatic heterocycles. The standard InChI is InChI=1S/C23H29NO/c1-18(2)19(3)24-23(25)14-8-6-4-5-7-11-20-15-16-21-12-9-10-13-22(21)17-20/h4,6,8-10,12-19H,5,7,11H2,1-3H3,(H,24,25)/b6-4+,14-8+. The molecule has 2 aromatic rings. The predicted molar refractivity (Wildman–Crippen MR) is 108 cm³/mol. The highest BCUT2D eigenvalue weighted by molar-refractivity contribution is 5.88. The molecule has 1 atom stereocenters.